The molecule has 0 saturated carbocycles. The highest BCUT2D eigenvalue weighted by molar-refractivity contribution is 5.79. The second-order valence-corrected chi connectivity index (χ2v) is 6.71. The van der Waals surface area contributed by atoms with Crippen LogP contribution in [-0.4, -0.2) is 28.2 Å². The summed E-state index contributed by atoms with van der Waals surface area (Å²) in [6.07, 6.45) is -1.05. The van der Waals surface area contributed by atoms with E-state index in [1.807, 2.05) is 41.5 Å². The zero-order chi connectivity index (χ0) is 13.1. The van der Waals surface area contributed by atoms with E-state index in [4.69, 9.17) is 0 Å². The zero-order valence-corrected chi connectivity index (χ0v) is 11.4. The van der Waals surface area contributed by atoms with Crippen molar-refractivity contribution in [3.8, 4) is 0 Å². The molecule has 0 fully saturated rings. The summed E-state index contributed by atoms with van der Waals surface area (Å²) in [6.45, 7) is 11.4. The fourth-order valence-corrected chi connectivity index (χ4v) is 1.13. The van der Waals surface area contributed by atoms with Crippen LogP contribution in [-0.2, 0) is 4.79 Å². The monoisotopic (exact) mass is 230 g/mol. The van der Waals surface area contributed by atoms with E-state index in [1.54, 1.807) is 0 Å². The molecular formula is C13H26O3. The maximum atomic E-state index is 11.6. The van der Waals surface area contributed by atoms with Crippen molar-refractivity contribution < 1.29 is 15.0 Å². The van der Waals surface area contributed by atoms with E-state index < -0.39 is 12.2 Å². The first-order valence-electron chi connectivity index (χ1n) is 5.82. The normalized spacial score (nSPS) is 17.0. The molecule has 0 bridgehead atoms. The Morgan fingerprint density at radius 2 is 1.12 bits per heavy atom. The summed E-state index contributed by atoms with van der Waals surface area (Å²) in [6, 6.07) is 0. The summed E-state index contributed by atoms with van der Waals surface area (Å²) in [7, 11) is 0. The van der Waals surface area contributed by atoms with Gasteiger partial charge in [-0.1, -0.05) is 41.5 Å². The van der Waals surface area contributed by atoms with Crippen LogP contribution in [0, 0.1) is 10.8 Å². The predicted octanol–water partition coefficient (Wildman–Crippen LogP) is 2.15. The van der Waals surface area contributed by atoms with Crippen molar-refractivity contribution in [1.29, 1.82) is 0 Å². The third-order valence-corrected chi connectivity index (χ3v) is 2.84. The highest BCUT2D eigenvalue weighted by Crippen LogP contribution is 2.25. The first-order valence-corrected chi connectivity index (χ1v) is 5.82. The largest absolute Gasteiger partial charge is 0.392 e. The molecule has 2 atom stereocenters. The topological polar surface area (TPSA) is 57.5 Å². The van der Waals surface area contributed by atoms with Gasteiger partial charge in [0.25, 0.3) is 0 Å². The minimum atomic E-state index is -0.646. The van der Waals surface area contributed by atoms with Gasteiger partial charge in [0.1, 0.15) is 5.78 Å². The van der Waals surface area contributed by atoms with Gasteiger partial charge >= 0.3 is 0 Å². The van der Waals surface area contributed by atoms with Gasteiger partial charge in [0.2, 0.25) is 0 Å². The van der Waals surface area contributed by atoms with Crippen molar-refractivity contribution in [3.05, 3.63) is 0 Å². The smallest absolute Gasteiger partial charge is 0.138 e. The van der Waals surface area contributed by atoms with Crippen LogP contribution in [0.25, 0.3) is 0 Å². The van der Waals surface area contributed by atoms with Gasteiger partial charge in [-0.15, -0.1) is 0 Å². The van der Waals surface area contributed by atoms with Gasteiger partial charge in [0.15, 0.2) is 0 Å². The molecule has 3 heteroatoms. The van der Waals surface area contributed by atoms with Crippen LogP contribution < -0.4 is 0 Å². The summed E-state index contributed by atoms with van der Waals surface area (Å²) < 4.78 is 0. The van der Waals surface area contributed by atoms with E-state index >= 15 is 0 Å². The van der Waals surface area contributed by atoms with E-state index in [1.165, 1.54) is 0 Å². The van der Waals surface area contributed by atoms with Gasteiger partial charge < -0.3 is 10.2 Å². The number of Topliss-reactive ketones (excluding diaryl/α,β-unsaturated/α-hetero) is 1. The first kappa shape index (κ1) is 15.6. The molecular weight excluding hydrogens is 204 g/mol. The molecule has 0 aromatic rings. The summed E-state index contributed by atoms with van der Waals surface area (Å²) in [5, 5.41) is 19.5. The maximum absolute atomic E-state index is 11.6. The van der Waals surface area contributed by atoms with Gasteiger partial charge in [-0.25, -0.2) is 0 Å². The summed E-state index contributed by atoms with van der Waals surface area (Å²) in [5.41, 5.74) is -0.579. The summed E-state index contributed by atoms with van der Waals surface area (Å²) >= 11 is 0. The van der Waals surface area contributed by atoms with Crippen molar-refractivity contribution >= 4 is 5.78 Å². The number of carbonyl (C=O) groups excluding carboxylic acids is 1. The fraction of sp³-hybridized carbons (Fsp3) is 0.923. The number of hydrogen-bond donors (Lipinski definition) is 2. The van der Waals surface area contributed by atoms with Crippen LogP contribution in [0.3, 0.4) is 0 Å². The number of ketones is 1. The maximum Gasteiger partial charge on any atom is 0.138 e. The number of carbonyl (C=O) groups is 1. The lowest BCUT2D eigenvalue weighted by Gasteiger charge is -2.28. The van der Waals surface area contributed by atoms with Crippen LogP contribution in [0.2, 0.25) is 0 Å². The Hall–Kier alpha value is -0.410. The lowest BCUT2D eigenvalue weighted by atomic mass is 9.82. The lowest BCUT2D eigenvalue weighted by Crippen LogP contribution is -2.32. The van der Waals surface area contributed by atoms with Crippen molar-refractivity contribution in [1.82, 2.24) is 0 Å². The third kappa shape index (κ3) is 5.61. The minimum Gasteiger partial charge on any atom is -0.392 e. The Kier molecular flexibility index (Phi) is 5.15. The molecule has 96 valence electrons. The van der Waals surface area contributed by atoms with Crippen molar-refractivity contribution in [2.75, 3.05) is 0 Å². The van der Waals surface area contributed by atoms with E-state index in [9.17, 15) is 15.0 Å². The van der Waals surface area contributed by atoms with Gasteiger partial charge in [0.05, 0.1) is 12.2 Å². The van der Waals surface area contributed by atoms with Gasteiger partial charge in [-0.2, -0.15) is 0 Å². The van der Waals surface area contributed by atoms with E-state index in [2.05, 4.69) is 0 Å². The average Bonchev–Trinajstić information content (AvgIpc) is 1.99. The predicted molar refractivity (Wildman–Crippen MR) is 65.2 cm³/mol. The lowest BCUT2D eigenvalue weighted by molar-refractivity contribution is -0.126. The zero-order valence-electron chi connectivity index (χ0n) is 11.4. The van der Waals surface area contributed by atoms with E-state index in [0.717, 1.165) is 0 Å². The van der Waals surface area contributed by atoms with Gasteiger partial charge in [-0.3, -0.25) is 4.79 Å². The standard InChI is InChI=1S/C13H26O3/c1-12(2,3)10(15)7-9(14)8-11(16)13(4,5)6/h10-11,15-16H,7-8H2,1-6H3/t10-,11-/m1/s1. The van der Waals surface area contributed by atoms with Crippen LogP contribution in [0.1, 0.15) is 54.4 Å². The van der Waals surface area contributed by atoms with Crippen LogP contribution >= 0.6 is 0 Å². The molecule has 0 aliphatic heterocycles. The van der Waals surface area contributed by atoms with Crippen LogP contribution in [0.5, 0.6) is 0 Å². The Balaban J connectivity index is 4.21. The van der Waals surface area contributed by atoms with Gasteiger partial charge in [-0.05, 0) is 10.8 Å². The molecule has 0 aromatic carbocycles. The number of aliphatic hydroxyl groups excluding tert-OH is 2. The molecule has 0 radical (unpaired) electrons. The fourth-order valence-electron chi connectivity index (χ4n) is 1.13. The molecule has 0 aliphatic rings. The summed E-state index contributed by atoms with van der Waals surface area (Å²) in [4.78, 5) is 11.6. The highest BCUT2D eigenvalue weighted by Gasteiger charge is 2.28. The first-order chi connectivity index (χ1) is 6.94. The molecule has 2 N–H and O–H groups in total. The van der Waals surface area contributed by atoms with Crippen molar-refractivity contribution in [2.45, 2.75) is 66.6 Å². The molecule has 0 aromatic heterocycles. The minimum absolute atomic E-state index is 0.0788. The molecule has 0 heterocycles. The SMILES string of the molecule is CC(C)(C)[C@H](O)CC(=O)C[C@@H](O)C(C)(C)C. The van der Waals surface area contributed by atoms with E-state index in [0.29, 0.717) is 0 Å². The highest BCUT2D eigenvalue weighted by atomic mass is 16.3. The number of hydrogen-bond acceptors (Lipinski definition) is 3. The number of aliphatic hydroxyl groups is 2. The molecule has 0 spiro atoms. The van der Waals surface area contributed by atoms with Crippen molar-refractivity contribution in [3.63, 3.8) is 0 Å². The molecule has 0 unspecified atom stereocenters. The Labute approximate surface area is 98.9 Å². The molecule has 16 heavy (non-hydrogen) atoms. The van der Waals surface area contributed by atoms with Crippen LogP contribution in [0.15, 0.2) is 0 Å². The Morgan fingerprint density at radius 3 is 1.31 bits per heavy atom. The molecule has 0 aliphatic carbocycles. The quantitative estimate of drug-likeness (QED) is 0.778. The Bertz CT molecular complexity index is 209. The van der Waals surface area contributed by atoms with Gasteiger partial charge in [0, 0.05) is 12.8 Å². The molecule has 0 saturated heterocycles. The molecule has 0 amide bonds. The third-order valence-electron chi connectivity index (χ3n) is 2.84. The van der Waals surface area contributed by atoms with E-state index in [-0.39, 0.29) is 29.5 Å². The average molecular weight is 230 g/mol. The second kappa shape index (κ2) is 5.28. The molecule has 3 nitrogen and oxygen atoms in total. The van der Waals surface area contributed by atoms with Crippen molar-refractivity contribution in [2.24, 2.45) is 10.8 Å². The molecule has 0 rings (SSSR count). The number of rotatable bonds is 4. The Morgan fingerprint density at radius 1 is 0.875 bits per heavy atom. The second-order valence-electron chi connectivity index (χ2n) is 6.71. The van der Waals surface area contributed by atoms with Crippen LogP contribution in [0.4, 0.5) is 0 Å². The summed E-state index contributed by atoms with van der Waals surface area (Å²) in [5.74, 6) is -0.0788.